The Morgan fingerprint density at radius 3 is 2.19 bits per heavy atom. The number of nitrogens with one attached hydrogen (secondary N) is 2. The maximum atomic E-state index is 13.5. The molecule has 0 spiro atoms. The van der Waals surface area contributed by atoms with Gasteiger partial charge in [-0.3, -0.25) is 0 Å². The van der Waals surface area contributed by atoms with Crippen molar-refractivity contribution in [3.8, 4) is 0 Å². The van der Waals surface area contributed by atoms with Crippen LogP contribution in [0.3, 0.4) is 0 Å². The lowest BCUT2D eigenvalue weighted by molar-refractivity contribution is 0.628. The molecule has 3 aromatic rings. The highest BCUT2D eigenvalue weighted by Gasteiger charge is 2.17. The van der Waals surface area contributed by atoms with Crippen LogP contribution >= 0.6 is 0 Å². The van der Waals surface area contributed by atoms with E-state index in [-0.39, 0.29) is 5.82 Å². The SMILES string of the molecule is Cc1ccc(Nc2nc(Nc3cccc(F)c3)nc(N3CCCC3)n2)cc1. The third-order valence-electron chi connectivity index (χ3n) is 4.40. The van der Waals surface area contributed by atoms with E-state index in [1.54, 1.807) is 12.1 Å². The molecule has 1 aliphatic rings. The van der Waals surface area contributed by atoms with Crippen molar-refractivity contribution in [2.24, 2.45) is 0 Å². The van der Waals surface area contributed by atoms with Gasteiger partial charge in [-0.15, -0.1) is 0 Å². The molecule has 0 radical (unpaired) electrons. The number of rotatable bonds is 5. The molecule has 138 valence electrons. The van der Waals surface area contributed by atoms with Crippen LogP contribution in [0.1, 0.15) is 18.4 Å². The van der Waals surface area contributed by atoms with E-state index in [0.29, 0.717) is 23.5 Å². The molecular formula is C20H21FN6. The number of anilines is 5. The first-order valence-corrected chi connectivity index (χ1v) is 9.03. The third kappa shape index (κ3) is 4.31. The van der Waals surface area contributed by atoms with E-state index in [0.717, 1.165) is 31.6 Å². The van der Waals surface area contributed by atoms with Crippen LogP contribution < -0.4 is 15.5 Å². The number of halogens is 1. The van der Waals surface area contributed by atoms with Crippen LogP contribution in [0.25, 0.3) is 0 Å². The van der Waals surface area contributed by atoms with Crippen molar-refractivity contribution >= 4 is 29.2 Å². The molecule has 2 N–H and O–H groups in total. The molecule has 1 aromatic heterocycles. The van der Waals surface area contributed by atoms with Gasteiger partial charge in [0.05, 0.1) is 0 Å². The fraction of sp³-hybridized carbons (Fsp3) is 0.250. The summed E-state index contributed by atoms with van der Waals surface area (Å²) >= 11 is 0. The van der Waals surface area contributed by atoms with Crippen LogP contribution in [0, 0.1) is 12.7 Å². The van der Waals surface area contributed by atoms with Crippen molar-refractivity contribution in [1.82, 2.24) is 15.0 Å². The van der Waals surface area contributed by atoms with Gasteiger partial charge in [0.25, 0.3) is 0 Å². The average molecular weight is 364 g/mol. The minimum absolute atomic E-state index is 0.313. The normalized spacial score (nSPS) is 13.6. The fourth-order valence-electron chi connectivity index (χ4n) is 3.00. The molecule has 2 heterocycles. The summed E-state index contributed by atoms with van der Waals surface area (Å²) in [6.07, 6.45) is 2.25. The van der Waals surface area contributed by atoms with Gasteiger partial charge < -0.3 is 15.5 Å². The third-order valence-corrected chi connectivity index (χ3v) is 4.40. The van der Waals surface area contributed by atoms with Gasteiger partial charge in [-0.2, -0.15) is 15.0 Å². The van der Waals surface area contributed by atoms with E-state index >= 15 is 0 Å². The Kier molecular flexibility index (Phi) is 4.82. The Bertz CT molecular complexity index is 922. The second-order valence-corrected chi connectivity index (χ2v) is 6.60. The molecule has 2 aromatic carbocycles. The lowest BCUT2D eigenvalue weighted by Gasteiger charge is -2.17. The number of nitrogens with zero attached hydrogens (tertiary/aromatic N) is 4. The van der Waals surface area contributed by atoms with Crippen LogP contribution in [0.5, 0.6) is 0 Å². The Labute approximate surface area is 157 Å². The van der Waals surface area contributed by atoms with E-state index in [2.05, 4.69) is 30.5 Å². The van der Waals surface area contributed by atoms with Crippen molar-refractivity contribution in [3.63, 3.8) is 0 Å². The van der Waals surface area contributed by atoms with Gasteiger partial charge in [-0.1, -0.05) is 23.8 Å². The molecule has 27 heavy (non-hydrogen) atoms. The minimum atomic E-state index is -0.313. The molecule has 6 nitrogen and oxygen atoms in total. The average Bonchev–Trinajstić information content (AvgIpc) is 3.18. The van der Waals surface area contributed by atoms with Crippen molar-refractivity contribution in [1.29, 1.82) is 0 Å². The molecule has 0 saturated carbocycles. The van der Waals surface area contributed by atoms with E-state index < -0.39 is 0 Å². The number of hydrogen-bond donors (Lipinski definition) is 2. The summed E-state index contributed by atoms with van der Waals surface area (Å²) < 4.78 is 13.5. The smallest absolute Gasteiger partial charge is 0.233 e. The molecule has 7 heteroatoms. The highest BCUT2D eigenvalue weighted by Crippen LogP contribution is 2.23. The van der Waals surface area contributed by atoms with Gasteiger partial charge in [0, 0.05) is 24.5 Å². The lowest BCUT2D eigenvalue weighted by Crippen LogP contribution is -2.21. The maximum absolute atomic E-state index is 13.5. The minimum Gasteiger partial charge on any atom is -0.341 e. The largest absolute Gasteiger partial charge is 0.341 e. The summed E-state index contributed by atoms with van der Waals surface area (Å²) in [5.41, 5.74) is 2.67. The number of hydrogen-bond acceptors (Lipinski definition) is 6. The van der Waals surface area contributed by atoms with E-state index in [9.17, 15) is 4.39 Å². The highest BCUT2D eigenvalue weighted by atomic mass is 19.1. The van der Waals surface area contributed by atoms with E-state index in [4.69, 9.17) is 0 Å². The molecule has 0 atom stereocenters. The Morgan fingerprint density at radius 1 is 0.852 bits per heavy atom. The van der Waals surface area contributed by atoms with E-state index in [1.165, 1.54) is 17.7 Å². The van der Waals surface area contributed by atoms with Crippen molar-refractivity contribution in [2.75, 3.05) is 28.6 Å². The van der Waals surface area contributed by atoms with E-state index in [1.807, 2.05) is 31.2 Å². The second kappa shape index (κ2) is 7.57. The van der Waals surface area contributed by atoms with Crippen molar-refractivity contribution in [2.45, 2.75) is 19.8 Å². The molecule has 0 amide bonds. The molecule has 1 aliphatic heterocycles. The fourth-order valence-corrected chi connectivity index (χ4v) is 3.00. The second-order valence-electron chi connectivity index (χ2n) is 6.60. The topological polar surface area (TPSA) is 66.0 Å². The zero-order valence-electron chi connectivity index (χ0n) is 15.1. The first-order chi connectivity index (χ1) is 13.2. The highest BCUT2D eigenvalue weighted by molar-refractivity contribution is 5.59. The number of benzene rings is 2. The maximum Gasteiger partial charge on any atom is 0.233 e. The quantitative estimate of drug-likeness (QED) is 0.699. The summed E-state index contributed by atoms with van der Waals surface area (Å²) in [6.45, 7) is 3.89. The molecule has 1 saturated heterocycles. The predicted molar refractivity (Wildman–Crippen MR) is 105 cm³/mol. The van der Waals surface area contributed by atoms with Gasteiger partial charge >= 0.3 is 0 Å². The Hall–Kier alpha value is -3.22. The van der Waals surface area contributed by atoms with Crippen LogP contribution in [-0.2, 0) is 0 Å². The predicted octanol–water partition coefficient (Wildman–Crippen LogP) is 4.41. The molecular weight excluding hydrogens is 343 g/mol. The number of aryl methyl sites for hydroxylation is 1. The standard InChI is InChI=1S/C20H21FN6/c1-14-7-9-16(10-8-14)22-18-24-19(23-17-6-4-5-15(21)13-17)26-20(25-18)27-11-2-3-12-27/h4-10,13H,2-3,11-12H2,1H3,(H2,22,23,24,25,26). The zero-order chi connectivity index (χ0) is 18.6. The molecule has 0 aliphatic carbocycles. The van der Waals surface area contributed by atoms with Crippen LogP contribution in [-0.4, -0.2) is 28.0 Å². The Morgan fingerprint density at radius 2 is 1.52 bits per heavy atom. The molecule has 0 bridgehead atoms. The van der Waals surface area contributed by atoms with Gasteiger partial charge in [0.1, 0.15) is 5.82 Å². The lowest BCUT2D eigenvalue weighted by atomic mass is 10.2. The van der Waals surface area contributed by atoms with Gasteiger partial charge in [0.2, 0.25) is 17.8 Å². The summed E-state index contributed by atoms with van der Waals surface area (Å²) in [6, 6.07) is 14.2. The summed E-state index contributed by atoms with van der Waals surface area (Å²) in [5.74, 6) is 1.14. The summed E-state index contributed by atoms with van der Waals surface area (Å²) in [5, 5.41) is 6.30. The van der Waals surface area contributed by atoms with Crippen LogP contribution in [0.15, 0.2) is 48.5 Å². The van der Waals surface area contributed by atoms with Crippen LogP contribution in [0.2, 0.25) is 0 Å². The first kappa shape index (κ1) is 17.2. The Balaban J connectivity index is 1.64. The summed E-state index contributed by atoms with van der Waals surface area (Å²) in [7, 11) is 0. The zero-order valence-corrected chi connectivity index (χ0v) is 15.1. The van der Waals surface area contributed by atoms with Gasteiger partial charge in [-0.05, 0) is 50.1 Å². The molecule has 0 unspecified atom stereocenters. The molecule has 1 fully saturated rings. The number of aromatic nitrogens is 3. The first-order valence-electron chi connectivity index (χ1n) is 9.03. The molecule has 4 rings (SSSR count). The summed E-state index contributed by atoms with van der Waals surface area (Å²) in [4.78, 5) is 15.7. The van der Waals surface area contributed by atoms with Gasteiger partial charge in [0.15, 0.2) is 0 Å². The monoisotopic (exact) mass is 364 g/mol. The van der Waals surface area contributed by atoms with Crippen LogP contribution in [0.4, 0.5) is 33.6 Å². The van der Waals surface area contributed by atoms with Crippen molar-refractivity contribution in [3.05, 3.63) is 59.9 Å². The van der Waals surface area contributed by atoms with Gasteiger partial charge in [-0.25, -0.2) is 4.39 Å². The van der Waals surface area contributed by atoms with Crippen molar-refractivity contribution < 1.29 is 4.39 Å².